The van der Waals surface area contributed by atoms with Crippen LogP contribution in [0.15, 0.2) is 22.7 Å². The number of hydrogen-bond donors (Lipinski definition) is 1. The minimum Gasteiger partial charge on any atom is -0.368 e. The monoisotopic (exact) mass is 298 g/mol. The van der Waals surface area contributed by atoms with E-state index in [0.29, 0.717) is 12.1 Å². The molecule has 0 spiro atoms. The highest BCUT2D eigenvalue weighted by atomic mass is 79.9. The van der Waals surface area contributed by atoms with Crippen LogP contribution in [-0.2, 0) is 4.79 Å². The van der Waals surface area contributed by atoms with Crippen LogP contribution >= 0.6 is 15.9 Å². The Morgan fingerprint density at radius 2 is 2.06 bits per heavy atom. The number of nitrogens with two attached hydrogens (primary N) is 1. The zero-order valence-corrected chi connectivity index (χ0v) is 11.5. The van der Waals surface area contributed by atoms with E-state index in [4.69, 9.17) is 5.73 Å². The van der Waals surface area contributed by atoms with Gasteiger partial charge in [0.15, 0.2) is 0 Å². The molecule has 4 nitrogen and oxygen atoms in total. The maximum Gasteiger partial charge on any atom is 0.254 e. The minimum absolute atomic E-state index is 0.0543. The number of rotatable bonds is 4. The summed E-state index contributed by atoms with van der Waals surface area (Å²) >= 11 is 3.37. The molecule has 2 N–H and O–H groups in total. The van der Waals surface area contributed by atoms with E-state index in [-0.39, 0.29) is 12.5 Å². The maximum atomic E-state index is 12.2. The first kappa shape index (κ1) is 13.7. The molecular weight excluding hydrogens is 284 g/mol. The van der Waals surface area contributed by atoms with Crippen LogP contribution in [0.1, 0.15) is 22.8 Å². The molecule has 0 aliphatic heterocycles. The molecule has 1 aromatic carbocycles. The van der Waals surface area contributed by atoms with E-state index < -0.39 is 5.91 Å². The molecule has 0 aromatic heterocycles. The molecule has 0 bridgehead atoms. The van der Waals surface area contributed by atoms with Crippen LogP contribution < -0.4 is 5.73 Å². The molecular formula is C12H15BrN2O2. The second kappa shape index (κ2) is 5.82. The molecule has 0 unspecified atom stereocenters. The van der Waals surface area contributed by atoms with Crippen molar-refractivity contribution in [3.05, 3.63) is 33.8 Å². The molecule has 0 saturated heterocycles. The molecule has 0 heterocycles. The van der Waals surface area contributed by atoms with Crippen LogP contribution in [-0.4, -0.2) is 29.8 Å². The molecule has 0 radical (unpaired) electrons. The Morgan fingerprint density at radius 3 is 2.59 bits per heavy atom. The number of benzene rings is 1. The normalized spacial score (nSPS) is 10.1. The molecule has 5 heteroatoms. The first-order valence-corrected chi connectivity index (χ1v) is 6.09. The fourth-order valence-electron chi connectivity index (χ4n) is 1.52. The van der Waals surface area contributed by atoms with Gasteiger partial charge in [0.05, 0.1) is 6.54 Å². The second-order valence-corrected chi connectivity index (χ2v) is 4.55. The Bertz CT molecular complexity index is 446. The first-order valence-electron chi connectivity index (χ1n) is 5.30. The standard InChI is InChI=1S/C12H15BrN2O2/c1-3-15(7-11(14)16)12(17)9-5-4-6-10(13)8(9)2/h4-6H,3,7H2,1-2H3,(H2,14,16). The topological polar surface area (TPSA) is 63.4 Å². The summed E-state index contributed by atoms with van der Waals surface area (Å²) in [6, 6.07) is 5.41. The van der Waals surface area contributed by atoms with Gasteiger partial charge in [-0.25, -0.2) is 0 Å². The first-order chi connectivity index (χ1) is 7.97. The third-order valence-electron chi connectivity index (χ3n) is 2.51. The van der Waals surface area contributed by atoms with E-state index in [0.717, 1.165) is 10.0 Å². The third kappa shape index (κ3) is 3.30. The Kier molecular flexibility index (Phi) is 4.69. The predicted molar refractivity (Wildman–Crippen MR) is 69.7 cm³/mol. The number of carbonyl (C=O) groups is 2. The zero-order chi connectivity index (χ0) is 13.0. The van der Waals surface area contributed by atoms with Gasteiger partial charge in [-0.05, 0) is 31.5 Å². The van der Waals surface area contributed by atoms with Crippen molar-refractivity contribution < 1.29 is 9.59 Å². The van der Waals surface area contributed by atoms with E-state index in [1.54, 1.807) is 12.1 Å². The summed E-state index contributed by atoms with van der Waals surface area (Å²) in [6.45, 7) is 4.07. The third-order valence-corrected chi connectivity index (χ3v) is 3.37. The van der Waals surface area contributed by atoms with Crippen LogP contribution in [0, 0.1) is 6.92 Å². The van der Waals surface area contributed by atoms with Crippen LogP contribution in [0.5, 0.6) is 0 Å². The summed E-state index contributed by atoms with van der Waals surface area (Å²) in [6.07, 6.45) is 0. The highest BCUT2D eigenvalue weighted by molar-refractivity contribution is 9.10. The van der Waals surface area contributed by atoms with Crippen molar-refractivity contribution in [1.29, 1.82) is 0 Å². The molecule has 0 aliphatic carbocycles. The lowest BCUT2D eigenvalue weighted by atomic mass is 10.1. The average molecular weight is 299 g/mol. The molecule has 0 saturated carbocycles. The highest BCUT2D eigenvalue weighted by Crippen LogP contribution is 2.20. The van der Waals surface area contributed by atoms with Crippen molar-refractivity contribution in [3.63, 3.8) is 0 Å². The molecule has 1 rings (SSSR count). The summed E-state index contributed by atoms with van der Waals surface area (Å²) in [5.74, 6) is -0.682. The molecule has 0 fully saturated rings. The lowest BCUT2D eigenvalue weighted by Crippen LogP contribution is -2.38. The van der Waals surface area contributed by atoms with E-state index in [1.165, 1.54) is 4.90 Å². The second-order valence-electron chi connectivity index (χ2n) is 3.70. The van der Waals surface area contributed by atoms with Crippen LogP contribution in [0.25, 0.3) is 0 Å². The zero-order valence-electron chi connectivity index (χ0n) is 9.87. The van der Waals surface area contributed by atoms with Gasteiger partial charge in [-0.2, -0.15) is 0 Å². The average Bonchev–Trinajstić information content (AvgIpc) is 2.28. The van der Waals surface area contributed by atoms with Gasteiger partial charge in [0.25, 0.3) is 5.91 Å². The Labute approximate surface area is 109 Å². The fourth-order valence-corrected chi connectivity index (χ4v) is 1.89. The fraction of sp³-hybridized carbons (Fsp3) is 0.333. The Balaban J connectivity index is 3.02. The largest absolute Gasteiger partial charge is 0.368 e. The summed E-state index contributed by atoms with van der Waals surface area (Å²) < 4.78 is 0.874. The van der Waals surface area contributed by atoms with Crippen molar-refractivity contribution in [3.8, 4) is 0 Å². The number of likely N-dealkylation sites (N-methyl/N-ethyl adjacent to an activating group) is 1. The number of amides is 2. The van der Waals surface area contributed by atoms with Crippen molar-refractivity contribution in [2.75, 3.05) is 13.1 Å². The van der Waals surface area contributed by atoms with Gasteiger partial charge >= 0.3 is 0 Å². The number of nitrogens with zero attached hydrogens (tertiary/aromatic N) is 1. The number of hydrogen-bond acceptors (Lipinski definition) is 2. The van der Waals surface area contributed by atoms with Crippen LogP contribution in [0.2, 0.25) is 0 Å². The van der Waals surface area contributed by atoms with E-state index in [9.17, 15) is 9.59 Å². The van der Waals surface area contributed by atoms with Gasteiger partial charge in [0, 0.05) is 16.6 Å². The van der Waals surface area contributed by atoms with Gasteiger partial charge in [-0.3, -0.25) is 9.59 Å². The van der Waals surface area contributed by atoms with E-state index >= 15 is 0 Å². The number of carbonyl (C=O) groups excluding carboxylic acids is 2. The molecule has 92 valence electrons. The van der Waals surface area contributed by atoms with E-state index in [2.05, 4.69) is 15.9 Å². The van der Waals surface area contributed by atoms with Crippen LogP contribution in [0.3, 0.4) is 0 Å². The quantitative estimate of drug-likeness (QED) is 0.920. The highest BCUT2D eigenvalue weighted by Gasteiger charge is 2.18. The molecule has 2 amide bonds. The molecule has 0 aliphatic rings. The Morgan fingerprint density at radius 1 is 1.41 bits per heavy atom. The minimum atomic E-state index is -0.507. The molecule has 1 aromatic rings. The summed E-state index contributed by atoms with van der Waals surface area (Å²) in [5.41, 5.74) is 6.56. The van der Waals surface area contributed by atoms with Crippen molar-refractivity contribution in [2.24, 2.45) is 5.73 Å². The van der Waals surface area contributed by atoms with Crippen molar-refractivity contribution in [1.82, 2.24) is 4.90 Å². The van der Waals surface area contributed by atoms with Gasteiger partial charge in [-0.15, -0.1) is 0 Å². The van der Waals surface area contributed by atoms with Crippen molar-refractivity contribution in [2.45, 2.75) is 13.8 Å². The predicted octanol–water partition coefficient (Wildman–Crippen LogP) is 1.70. The van der Waals surface area contributed by atoms with Gasteiger partial charge in [-0.1, -0.05) is 22.0 Å². The Hall–Kier alpha value is -1.36. The smallest absolute Gasteiger partial charge is 0.254 e. The molecule has 0 atom stereocenters. The van der Waals surface area contributed by atoms with Gasteiger partial charge in [0.1, 0.15) is 0 Å². The van der Waals surface area contributed by atoms with Gasteiger partial charge in [0.2, 0.25) is 5.91 Å². The van der Waals surface area contributed by atoms with Crippen LogP contribution in [0.4, 0.5) is 0 Å². The van der Waals surface area contributed by atoms with E-state index in [1.807, 2.05) is 19.9 Å². The summed E-state index contributed by atoms with van der Waals surface area (Å²) in [7, 11) is 0. The molecule has 17 heavy (non-hydrogen) atoms. The number of primary amides is 1. The lowest BCUT2D eigenvalue weighted by molar-refractivity contribution is -0.118. The lowest BCUT2D eigenvalue weighted by Gasteiger charge is -2.20. The number of halogens is 1. The van der Waals surface area contributed by atoms with Crippen molar-refractivity contribution >= 4 is 27.7 Å². The maximum absolute atomic E-state index is 12.2. The van der Waals surface area contributed by atoms with Gasteiger partial charge < -0.3 is 10.6 Å². The summed E-state index contributed by atoms with van der Waals surface area (Å²) in [5, 5.41) is 0. The SMILES string of the molecule is CCN(CC(N)=O)C(=O)c1cccc(Br)c1C. The summed E-state index contributed by atoms with van der Waals surface area (Å²) in [4.78, 5) is 24.5.